The van der Waals surface area contributed by atoms with Crippen LogP contribution in [0.15, 0.2) is 0 Å². The summed E-state index contributed by atoms with van der Waals surface area (Å²) in [6, 6.07) is 0. The maximum atomic E-state index is 12.8. The van der Waals surface area contributed by atoms with E-state index in [4.69, 9.17) is 18.9 Å². The highest BCUT2D eigenvalue weighted by atomic mass is 16.6. The van der Waals surface area contributed by atoms with Crippen LogP contribution in [0.1, 0.15) is 201 Å². The Labute approximate surface area is 294 Å². The van der Waals surface area contributed by atoms with Crippen molar-refractivity contribution in [3.05, 3.63) is 0 Å². The fraction of sp³-hybridized carbons (Fsp3) is 0.900. The molecule has 0 amide bonds. The number of carbonyl (C=O) groups excluding carboxylic acids is 4. The van der Waals surface area contributed by atoms with Gasteiger partial charge in [0, 0.05) is 25.7 Å². The van der Waals surface area contributed by atoms with E-state index >= 15 is 0 Å². The van der Waals surface area contributed by atoms with Crippen LogP contribution in [0.25, 0.3) is 0 Å². The Morgan fingerprint density at radius 2 is 0.500 bits per heavy atom. The van der Waals surface area contributed by atoms with Gasteiger partial charge in [-0.15, -0.1) is 0 Å². The van der Waals surface area contributed by atoms with Crippen LogP contribution in [0.5, 0.6) is 0 Å². The second-order valence-corrected chi connectivity index (χ2v) is 13.9. The average Bonchev–Trinajstić information content (AvgIpc) is 3.08. The predicted molar refractivity (Wildman–Crippen MR) is 194 cm³/mol. The lowest BCUT2D eigenvalue weighted by atomic mass is 9.92. The molecule has 0 rings (SSSR count). The molecule has 0 aromatic heterocycles. The summed E-state index contributed by atoms with van der Waals surface area (Å²) in [5.74, 6) is -1.46. The molecular weight excluding hydrogens is 608 g/mol. The molecule has 8 heteroatoms. The van der Waals surface area contributed by atoms with Crippen LogP contribution in [-0.4, -0.2) is 50.3 Å². The van der Waals surface area contributed by atoms with E-state index in [9.17, 15) is 19.2 Å². The summed E-state index contributed by atoms with van der Waals surface area (Å²) in [6.45, 7) is 7.76. The lowest BCUT2D eigenvalue weighted by molar-refractivity contribution is -0.170. The summed E-state index contributed by atoms with van der Waals surface area (Å²) in [5, 5.41) is 0. The molecular formula is C40H74O8. The van der Waals surface area contributed by atoms with Gasteiger partial charge in [0.1, 0.15) is 31.8 Å². The molecule has 0 unspecified atom stereocenters. The van der Waals surface area contributed by atoms with Crippen LogP contribution in [0, 0.1) is 5.41 Å². The highest BCUT2D eigenvalue weighted by Gasteiger charge is 2.38. The molecule has 0 saturated carbocycles. The molecule has 282 valence electrons. The van der Waals surface area contributed by atoms with Crippen molar-refractivity contribution in [2.24, 2.45) is 5.41 Å². The van der Waals surface area contributed by atoms with Crippen molar-refractivity contribution in [1.29, 1.82) is 0 Å². The van der Waals surface area contributed by atoms with Crippen molar-refractivity contribution >= 4 is 23.9 Å². The van der Waals surface area contributed by atoms with Crippen LogP contribution in [0.2, 0.25) is 0 Å². The molecule has 0 aliphatic carbocycles. The van der Waals surface area contributed by atoms with Crippen molar-refractivity contribution in [3.63, 3.8) is 0 Å². The lowest BCUT2D eigenvalue weighted by Gasteiger charge is -2.31. The zero-order valence-electron chi connectivity index (χ0n) is 31.7. The summed E-state index contributed by atoms with van der Waals surface area (Å²) in [6.07, 6.45) is 26.3. The van der Waals surface area contributed by atoms with Crippen molar-refractivity contribution in [3.8, 4) is 0 Å². The Bertz CT molecular complexity index is 732. The normalized spacial score (nSPS) is 11.3. The molecule has 0 N–H and O–H groups in total. The molecule has 48 heavy (non-hydrogen) atoms. The van der Waals surface area contributed by atoms with Crippen molar-refractivity contribution in [2.75, 3.05) is 26.4 Å². The minimum Gasteiger partial charge on any atom is -0.465 e. The Hall–Kier alpha value is -2.12. The van der Waals surface area contributed by atoms with Gasteiger partial charge in [0.25, 0.3) is 0 Å². The number of carbonyl (C=O) groups is 4. The summed E-state index contributed by atoms with van der Waals surface area (Å²) >= 11 is 0. The molecule has 0 atom stereocenters. The molecule has 0 radical (unpaired) electrons. The summed E-state index contributed by atoms with van der Waals surface area (Å²) in [5.41, 5.74) is -1.17. The average molecular weight is 683 g/mol. The topological polar surface area (TPSA) is 105 Å². The number of hydrogen-bond acceptors (Lipinski definition) is 8. The largest absolute Gasteiger partial charge is 0.465 e. The monoisotopic (exact) mass is 683 g/mol. The first kappa shape index (κ1) is 45.9. The van der Waals surface area contributed by atoms with Gasteiger partial charge in [-0.3, -0.25) is 19.2 Å². The van der Waals surface area contributed by atoms with Crippen LogP contribution in [-0.2, 0) is 38.1 Å². The molecule has 0 aliphatic rings. The first-order chi connectivity index (χ1) is 23.3. The Kier molecular flexibility index (Phi) is 31.9. The van der Waals surface area contributed by atoms with Crippen LogP contribution < -0.4 is 0 Å². The Balaban J connectivity index is 4.97. The minimum absolute atomic E-state index is 0.169. The Morgan fingerprint density at radius 1 is 0.312 bits per heavy atom. The van der Waals surface area contributed by atoms with Crippen molar-refractivity contribution in [1.82, 2.24) is 0 Å². The van der Waals surface area contributed by atoms with Gasteiger partial charge in [-0.1, -0.05) is 150 Å². The number of esters is 4. The van der Waals surface area contributed by atoms with E-state index in [0.29, 0.717) is 6.42 Å². The van der Waals surface area contributed by atoms with E-state index in [1.165, 1.54) is 70.6 Å². The van der Waals surface area contributed by atoms with Gasteiger partial charge in [-0.05, 0) is 25.7 Å². The van der Waals surface area contributed by atoms with Crippen molar-refractivity contribution < 1.29 is 38.1 Å². The van der Waals surface area contributed by atoms with Gasteiger partial charge in [-0.25, -0.2) is 0 Å². The molecule has 8 nitrogen and oxygen atoms in total. The van der Waals surface area contributed by atoms with E-state index in [1.54, 1.807) is 0 Å². The van der Waals surface area contributed by atoms with Crippen LogP contribution in [0.4, 0.5) is 0 Å². The van der Waals surface area contributed by atoms with E-state index in [-0.39, 0.29) is 69.6 Å². The van der Waals surface area contributed by atoms with Gasteiger partial charge in [0.15, 0.2) is 0 Å². The summed E-state index contributed by atoms with van der Waals surface area (Å²) in [7, 11) is 0. The van der Waals surface area contributed by atoms with Gasteiger partial charge in [0.05, 0.1) is 0 Å². The molecule has 0 aromatic carbocycles. The van der Waals surface area contributed by atoms with E-state index in [2.05, 4.69) is 27.7 Å². The molecule has 0 aliphatic heterocycles. The first-order valence-corrected chi connectivity index (χ1v) is 19.9. The fourth-order valence-corrected chi connectivity index (χ4v) is 5.49. The third-order valence-electron chi connectivity index (χ3n) is 8.85. The number of unbranched alkanes of at least 4 members (excludes halogenated alkanes) is 19. The third-order valence-corrected chi connectivity index (χ3v) is 8.85. The smallest absolute Gasteiger partial charge is 0.305 e. The fourth-order valence-electron chi connectivity index (χ4n) is 5.49. The Morgan fingerprint density at radius 3 is 0.750 bits per heavy atom. The SMILES string of the molecule is CCCCCCCCCCCCCCCCC(=O)OCC(COC(=O)CCCCC)(COC(=O)CCCCC)COC(=O)CCCCC. The molecule has 0 heterocycles. The van der Waals surface area contributed by atoms with E-state index in [1.807, 2.05) is 0 Å². The molecule has 0 fully saturated rings. The van der Waals surface area contributed by atoms with Gasteiger partial charge >= 0.3 is 23.9 Å². The number of hydrogen-bond donors (Lipinski definition) is 0. The van der Waals surface area contributed by atoms with Gasteiger partial charge < -0.3 is 18.9 Å². The minimum atomic E-state index is -1.17. The number of rotatable bonds is 35. The van der Waals surface area contributed by atoms with Crippen molar-refractivity contribution in [2.45, 2.75) is 201 Å². The lowest BCUT2D eigenvalue weighted by Crippen LogP contribution is -2.44. The standard InChI is InChI=1S/C40H74O8/c1-5-9-13-14-15-16-17-18-19-20-21-22-23-27-31-39(44)48-35-40(32-45-36(41)28-24-10-6-2,33-46-37(42)29-25-11-7-3)34-47-38(43)30-26-12-8-4/h5-35H2,1-4H3. The maximum Gasteiger partial charge on any atom is 0.305 e. The van der Waals surface area contributed by atoms with Gasteiger partial charge in [-0.2, -0.15) is 0 Å². The second-order valence-electron chi connectivity index (χ2n) is 13.9. The van der Waals surface area contributed by atoms with E-state index < -0.39 is 5.41 Å². The molecule has 0 bridgehead atoms. The van der Waals surface area contributed by atoms with Crippen LogP contribution in [0.3, 0.4) is 0 Å². The molecule has 0 aromatic rings. The van der Waals surface area contributed by atoms with E-state index in [0.717, 1.165) is 77.0 Å². The first-order valence-electron chi connectivity index (χ1n) is 19.9. The quantitative estimate of drug-likeness (QED) is 0.0369. The molecule has 0 saturated heterocycles. The zero-order valence-corrected chi connectivity index (χ0v) is 31.7. The summed E-state index contributed by atoms with van der Waals surface area (Å²) in [4.78, 5) is 50.4. The maximum absolute atomic E-state index is 12.8. The summed E-state index contributed by atoms with van der Waals surface area (Å²) < 4.78 is 22.6. The van der Waals surface area contributed by atoms with Gasteiger partial charge in [0.2, 0.25) is 0 Å². The predicted octanol–water partition coefficient (Wildman–Crippen LogP) is 10.8. The third kappa shape index (κ3) is 28.9. The van der Waals surface area contributed by atoms with Crippen LogP contribution >= 0.6 is 0 Å². The zero-order chi connectivity index (χ0) is 35.6. The second kappa shape index (κ2) is 33.4. The highest BCUT2D eigenvalue weighted by Crippen LogP contribution is 2.23. The highest BCUT2D eigenvalue weighted by molar-refractivity contribution is 5.71. The molecule has 0 spiro atoms. The number of ether oxygens (including phenoxy) is 4.